The van der Waals surface area contributed by atoms with Crippen molar-refractivity contribution in [3.05, 3.63) is 81.6 Å². The Morgan fingerprint density at radius 2 is 1.85 bits per heavy atom. The number of anilines is 2. The van der Waals surface area contributed by atoms with Gasteiger partial charge in [-0.15, -0.1) is 0 Å². The molecule has 0 spiro atoms. The lowest BCUT2D eigenvalue weighted by Crippen LogP contribution is -2.24. The number of rotatable bonds is 5. The summed E-state index contributed by atoms with van der Waals surface area (Å²) in [5.41, 5.74) is 2.53. The monoisotopic (exact) mass is 386 g/mol. The number of nitrogens with zero attached hydrogens (tertiary/aromatic N) is 2. The van der Waals surface area contributed by atoms with E-state index in [4.69, 9.17) is 23.2 Å². The molecule has 0 saturated carbocycles. The Balaban J connectivity index is 1.74. The number of aryl methyl sites for hydroxylation is 1. The summed E-state index contributed by atoms with van der Waals surface area (Å²) in [6.45, 7) is 2.12. The molecular weight excluding hydrogens is 371 g/mol. The lowest BCUT2D eigenvalue weighted by atomic mass is 10.2. The molecule has 1 amide bonds. The first-order valence-electron chi connectivity index (χ1n) is 7.91. The van der Waals surface area contributed by atoms with Crippen LogP contribution >= 0.6 is 23.2 Å². The molecule has 1 aromatic heterocycles. The Hall–Kier alpha value is -2.63. The molecule has 0 fully saturated rings. The summed E-state index contributed by atoms with van der Waals surface area (Å²) in [4.78, 5) is 21.0. The molecule has 0 atom stereocenters. The lowest BCUT2D eigenvalue weighted by molar-refractivity contribution is 0.0946. The number of halogens is 2. The van der Waals surface area contributed by atoms with E-state index in [9.17, 15) is 4.79 Å². The maximum absolute atomic E-state index is 12.4. The van der Waals surface area contributed by atoms with Crippen LogP contribution in [0.25, 0.3) is 0 Å². The molecule has 0 unspecified atom stereocenters. The number of aromatic nitrogens is 2. The van der Waals surface area contributed by atoms with Crippen LogP contribution in [0.15, 0.2) is 54.6 Å². The zero-order chi connectivity index (χ0) is 18.5. The Bertz CT molecular complexity index is 946. The van der Waals surface area contributed by atoms with Gasteiger partial charge in [0, 0.05) is 28.0 Å². The molecule has 132 valence electrons. The highest BCUT2D eigenvalue weighted by Crippen LogP contribution is 2.19. The first-order valence-corrected chi connectivity index (χ1v) is 8.67. The molecule has 0 aliphatic rings. The number of carbonyl (C=O) groups excluding carboxylic acids is 1. The molecule has 7 heteroatoms. The van der Waals surface area contributed by atoms with Gasteiger partial charge in [-0.2, -0.15) is 0 Å². The normalized spacial score (nSPS) is 10.4. The first kappa shape index (κ1) is 18.2. The molecule has 0 aliphatic heterocycles. The predicted molar refractivity (Wildman–Crippen MR) is 104 cm³/mol. The van der Waals surface area contributed by atoms with Gasteiger partial charge in [0.1, 0.15) is 5.69 Å². The maximum Gasteiger partial charge on any atom is 0.270 e. The molecule has 3 rings (SSSR count). The van der Waals surface area contributed by atoms with E-state index in [2.05, 4.69) is 20.6 Å². The quantitative estimate of drug-likeness (QED) is 0.662. The van der Waals surface area contributed by atoms with Gasteiger partial charge in [0.25, 0.3) is 5.91 Å². The molecule has 2 aromatic carbocycles. The van der Waals surface area contributed by atoms with E-state index >= 15 is 0 Å². The summed E-state index contributed by atoms with van der Waals surface area (Å²) in [5, 5.41) is 7.08. The van der Waals surface area contributed by atoms with E-state index in [-0.39, 0.29) is 11.6 Å². The van der Waals surface area contributed by atoms with Gasteiger partial charge in [-0.25, -0.2) is 9.97 Å². The minimum Gasteiger partial charge on any atom is -0.347 e. The maximum atomic E-state index is 12.4. The van der Waals surface area contributed by atoms with Crippen LogP contribution in [0, 0.1) is 6.92 Å². The summed E-state index contributed by atoms with van der Waals surface area (Å²) >= 11 is 12.1. The number of carbonyl (C=O) groups is 1. The predicted octanol–water partition coefficient (Wildman–Crippen LogP) is 4.77. The standard InChI is InChI=1S/C19H16Cl2N4O/c1-12-9-17(18(26)22-11-13-5-2-3-8-16(13)21)25-19(23-12)24-15-7-4-6-14(20)10-15/h2-10H,11H2,1H3,(H,22,26)(H,23,24,25). The van der Waals surface area contributed by atoms with Crippen LogP contribution in [0.5, 0.6) is 0 Å². The fourth-order valence-electron chi connectivity index (χ4n) is 2.34. The number of hydrogen-bond donors (Lipinski definition) is 2. The minimum atomic E-state index is -0.301. The second-order valence-electron chi connectivity index (χ2n) is 5.63. The molecule has 5 nitrogen and oxygen atoms in total. The van der Waals surface area contributed by atoms with Crippen molar-refractivity contribution < 1.29 is 4.79 Å². The Kier molecular flexibility index (Phi) is 5.71. The summed E-state index contributed by atoms with van der Waals surface area (Å²) in [6.07, 6.45) is 0. The fourth-order valence-corrected chi connectivity index (χ4v) is 2.74. The van der Waals surface area contributed by atoms with Crippen LogP contribution in [0.2, 0.25) is 10.0 Å². The third kappa shape index (κ3) is 4.71. The highest BCUT2D eigenvalue weighted by atomic mass is 35.5. The molecule has 0 saturated heterocycles. The molecule has 3 aromatic rings. The second kappa shape index (κ2) is 8.17. The summed E-state index contributed by atoms with van der Waals surface area (Å²) < 4.78 is 0. The van der Waals surface area contributed by atoms with E-state index in [0.717, 1.165) is 11.3 Å². The van der Waals surface area contributed by atoms with Crippen molar-refractivity contribution in [3.63, 3.8) is 0 Å². The van der Waals surface area contributed by atoms with Crippen molar-refractivity contribution in [2.45, 2.75) is 13.5 Å². The molecule has 0 radical (unpaired) electrons. The highest BCUT2D eigenvalue weighted by Gasteiger charge is 2.11. The van der Waals surface area contributed by atoms with E-state index in [1.165, 1.54) is 0 Å². The zero-order valence-corrected chi connectivity index (χ0v) is 15.5. The Morgan fingerprint density at radius 1 is 1.04 bits per heavy atom. The van der Waals surface area contributed by atoms with Gasteiger partial charge < -0.3 is 10.6 Å². The lowest BCUT2D eigenvalue weighted by Gasteiger charge is -2.10. The van der Waals surface area contributed by atoms with E-state index in [1.54, 1.807) is 31.2 Å². The van der Waals surface area contributed by atoms with Gasteiger partial charge in [-0.05, 0) is 42.8 Å². The van der Waals surface area contributed by atoms with Gasteiger partial charge in [-0.1, -0.05) is 47.5 Å². The van der Waals surface area contributed by atoms with Crippen molar-refractivity contribution in [1.82, 2.24) is 15.3 Å². The number of nitrogens with one attached hydrogen (secondary N) is 2. The van der Waals surface area contributed by atoms with Gasteiger partial charge >= 0.3 is 0 Å². The smallest absolute Gasteiger partial charge is 0.270 e. The number of amides is 1. The van der Waals surface area contributed by atoms with Crippen LogP contribution in [-0.4, -0.2) is 15.9 Å². The van der Waals surface area contributed by atoms with Gasteiger partial charge in [0.15, 0.2) is 0 Å². The van der Waals surface area contributed by atoms with Crippen LogP contribution < -0.4 is 10.6 Å². The molecule has 0 aliphatic carbocycles. The minimum absolute atomic E-state index is 0.272. The van der Waals surface area contributed by atoms with Gasteiger partial charge in [0.05, 0.1) is 0 Å². The van der Waals surface area contributed by atoms with Crippen molar-refractivity contribution in [2.24, 2.45) is 0 Å². The second-order valence-corrected chi connectivity index (χ2v) is 6.47. The SMILES string of the molecule is Cc1cc(C(=O)NCc2ccccc2Cl)nc(Nc2cccc(Cl)c2)n1. The molecular formula is C19H16Cl2N4O. The third-order valence-corrected chi connectivity index (χ3v) is 4.17. The average molecular weight is 387 g/mol. The van der Waals surface area contributed by atoms with Crippen molar-refractivity contribution in [2.75, 3.05) is 5.32 Å². The van der Waals surface area contributed by atoms with E-state index in [0.29, 0.717) is 28.2 Å². The third-order valence-electron chi connectivity index (χ3n) is 3.56. The van der Waals surface area contributed by atoms with Gasteiger partial charge in [0.2, 0.25) is 5.95 Å². The van der Waals surface area contributed by atoms with Crippen molar-refractivity contribution in [1.29, 1.82) is 0 Å². The average Bonchev–Trinajstić information content (AvgIpc) is 2.60. The van der Waals surface area contributed by atoms with Gasteiger partial charge in [-0.3, -0.25) is 4.79 Å². The molecule has 1 heterocycles. The van der Waals surface area contributed by atoms with Crippen LogP contribution in [0.4, 0.5) is 11.6 Å². The number of benzene rings is 2. The summed E-state index contributed by atoms with van der Waals surface area (Å²) in [5.74, 6) is 0.0275. The first-order chi connectivity index (χ1) is 12.5. The van der Waals surface area contributed by atoms with Crippen molar-refractivity contribution in [3.8, 4) is 0 Å². The fraction of sp³-hybridized carbons (Fsp3) is 0.105. The molecule has 2 N–H and O–H groups in total. The van der Waals surface area contributed by atoms with Crippen LogP contribution in [0.3, 0.4) is 0 Å². The topological polar surface area (TPSA) is 66.9 Å². The number of hydrogen-bond acceptors (Lipinski definition) is 4. The largest absolute Gasteiger partial charge is 0.347 e. The van der Waals surface area contributed by atoms with Crippen LogP contribution in [0.1, 0.15) is 21.7 Å². The van der Waals surface area contributed by atoms with E-state index < -0.39 is 0 Å². The Labute approximate surface area is 161 Å². The van der Waals surface area contributed by atoms with Crippen LogP contribution in [-0.2, 0) is 6.54 Å². The molecule has 0 bridgehead atoms. The Morgan fingerprint density at radius 3 is 2.62 bits per heavy atom. The van der Waals surface area contributed by atoms with E-state index in [1.807, 2.05) is 30.3 Å². The zero-order valence-electron chi connectivity index (χ0n) is 14.0. The summed E-state index contributed by atoms with van der Waals surface area (Å²) in [7, 11) is 0. The summed E-state index contributed by atoms with van der Waals surface area (Å²) in [6, 6.07) is 16.2. The highest BCUT2D eigenvalue weighted by molar-refractivity contribution is 6.31. The van der Waals surface area contributed by atoms with Crippen molar-refractivity contribution >= 4 is 40.7 Å². The molecule has 26 heavy (non-hydrogen) atoms.